The molecule has 0 aromatic carbocycles. The van der Waals surface area contributed by atoms with Crippen molar-refractivity contribution in [1.29, 1.82) is 0 Å². The van der Waals surface area contributed by atoms with Gasteiger partial charge in [0.25, 0.3) is 0 Å². The van der Waals surface area contributed by atoms with E-state index in [1.807, 2.05) is 0 Å². The third kappa shape index (κ3) is 3.16. The number of hydrogen-bond donors (Lipinski definition) is 1. The molecule has 1 aliphatic rings. The van der Waals surface area contributed by atoms with Gasteiger partial charge in [-0.1, -0.05) is 6.92 Å². The summed E-state index contributed by atoms with van der Waals surface area (Å²) in [5.74, 6) is -1.18. The molecule has 5 nitrogen and oxygen atoms in total. The summed E-state index contributed by atoms with van der Waals surface area (Å²) in [6.07, 6.45) is -0.200. The zero-order valence-electron chi connectivity index (χ0n) is 12.3. The van der Waals surface area contributed by atoms with Crippen molar-refractivity contribution in [3.63, 3.8) is 0 Å². The molecule has 1 rings (SSSR count). The predicted molar refractivity (Wildman–Crippen MR) is 70.9 cm³/mol. The smallest absolute Gasteiger partial charge is 0.336 e. The monoisotopic (exact) mass is 267 g/mol. The Morgan fingerprint density at radius 3 is 2.00 bits per heavy atom. The van der Waals surface area contributed by atoms with Crippen molar-refractivity contribution >= 4 is 11.9 Å². The van der Waals surface area contributed by atoms with Gasteiger partial charge in [-0.05, 0) is 27.7 Å². The number of hydrogen-bond acceptors (Lipinski definition) is 5. The number of methoxy groups -OCH3 is 1. The summed E-state index contributed by atoms with van der Waals surface area (Å²) in [4.78, 5) is 23.9. The van der Waals surface area contributed by atoms with E-state index in [0.717, 1.165) is 0 Å². The van der Waals surface area contributed by atoms with Crippen molar-refractivity contribution in [3.05, 3.63) is 22.5 Å². The molecule has 106 valence electrons. The summed E-state index contributed by atoms with van der Waals surface area (Å²) in [7, 11) is 1.33. The lowest BCUT2D eigenvalue weighted by Crippen LogP contribution is -2.32. The van der Waals surface area contributed by atoms with Gasteiger partial charge >= 0.3 is 11.9 Å². The van der Waals surface area contributed by atoms with Gasteiger partial charge in [0.15, 0.2) is 0 Å². The molecule has 0 bridgehead atoms. The van der Waals surface area contributed by atoms with E-state index < -0.39 is 11.9 Å². The number of rotatable bonds is 3. The molecule has 0 saturated heterocycles. The average molecular weight is 267 g/mol. The molecule has 0 fully saturated rings. The van der Waals surface area contributed by atoms with Crippen LogP contribution in [0.2, 0.25) is 0 Å². The normalized spacial score (nSPS) is 19.4. The molecule has 0 aromatic rings. The topological polar surface area (TPSA) is 64.6 Å². The fraction of sp³-hybridized carbons (Fsp3) is 0.571. The molecule has 1 aliphatic heterocycles. The fourth-order valence-electron chi connectivity index (χ4n) is 2.26. The highest BCUT2D eigenvalue weighted by Gasteiger charge is 2.33. The van der Waals surface area contributed by atoms with E-state index in [1.54, 1.807) is 34.6 Å². The number of esters is 2. The Hall–Kier alpha value is -1.78. The maximum absolute atomic E-state index is 12.1. The van der Waals surface area contributed by atoms with Gasteiger partial charge in [0.2, 0.25) is 0 Å². The van der Waals surface area contributed by atoms with Crippen LogP contribution in [-0.4, -0.2) is 25.2 Å². The first-order valence-corrected chi connectivity index (χ1v) is 6.27. The van der Waals surface area contributed by atoms with Crippen molar-refractivity contribution in [2.45, 2.75) is 40.7 Å². The Labute approximate surface area is 113 Å². The molecule has 1 N–H and O–H groups in total. The van der Waals surface area contributed by atoms with Gasteiger partial charge in [-0.15, -0.1) is 0 Å². The largest absolute Gasteiger partial charge is 0.466 e. The van der Waals surface area contributed by atoms with Gasteiger partial charge in [-0.2, -0.15) is 0 Å². The summed E-state index contributed by atoms with van der Waals surface area (Å²) < 4.78 is 9.98. The van der Waals surface area contributed by atoms with Crippen LogP contribution in [0.5, 0.6) is 0 Å². The van der Waals surface area contributed by atoms with Crippen LogP contribution in [0.25, 0.3) is 0 Å². The van der Waals surface area contributed by atoms with E-state index in [9.17, 15) is 9.59 Å². The molecule has 1 atom stereocenters. The summed E-state index contributed by atoms with van der Waals surface area (Å²) in [6.45, 7) is 8.97. The SMILES string of the molecule is COC(=O)C1=C(C)NC(C)=C(C(=O)OC(C)C)C1C. The standard InChI is InChI=1S/C14H21NO4/c1-7(2)19-14(17)12-8(3)11(13(16)18-6)9(4)15-10(12)5/h7-8,15H,1-6H3. The summed E-state index contributed by atoms with van der Waals surface area (Å²) in [5.41, 5.74) is 2.35. The molecule has 0 spiro atoms. The number of nitrogens with one attached hydrogen (secondary N) is 1. The molecule has 0 amide bonds. The summed E-state index contributed by atoms with van der Waals surface area (Å²) in [5, 5.41) is 3.04. The van der Waals surface area contributed by atoms with Crippen LogP contribution in [0.3, 0.4) is 0 Å². The Morgan fingerprint density at radius 2 is 1.58 bits per heavy atom. The second-order valence-corrected chi connectivity index (χ2v) is 4.87. The first kappa shape index (κ1) is 15.3. The van der Waals surface area contributed by atoms with Crippen LogP contribution in [0.1, 0.15) is 34.6 Å². The quantitative estimate of drug-likeness (QED) is 0.791. The third-order valence-corrected chi connectivity index (χ3v) is 3.02. The molecule has 1 unspecified atom stereocenters. The molecular weight excluding hydrogens is 246 g/mol. The minimum absolute atomic E-state index is 0.200. The molecule has 0 aliphatic carbocycles. The predicted octanol–water partition coefficient (Wildman–Crippen LogP) is 1.90. The highest BCUT2D eigenvalue weighted by molar-refractivity contribution is 5.97. The number of carbonyl (C=O) groups excluding carboxylic acids is 2. The Bertz CT molecular complexity index is 460. The maximum atomic E-state index is 12.1. The van der Waals surface area contributed by atoms with E-state index in [4.69, 9.17) is 9.47 Å². The van der Waals surface area contributed by atoms with E-state index in [0.29, 0.717) is 22.5 Å². The summed E-state index contributed by atoms with van der Waals surface area (Å²) in [6, 6.07) is 0. The van der Waals surface area contributed by atoms with Gasteiger partial charge < -0.3 is 14.8 Å². The average Bonchev–Trinajstić information content (AvgIpc) is 2.26. The Balaban J connectivity index is 3.10. The number of carbonyl (C=O) groups is 2. The van der Waals surface area contributed by atoms with Crippen LogP contribution in [0, 0.1) is 5.92 Å². The lowest BCUT2D eigenvalue weighted by molar-refractivity contribution is -0.143. The molecule has 5 heteroatoms. The van der Waals surface area contributed by atoms with Gasteiger partial charge in [0.1, 0.15) is 0 Å². The fourth-order valence-corrected chi connectivity index (χ4v) is 2.26. The molecule has 0 aromatic heterocycles. The van der Waals surface area contributed by atoms with Crippen molar-refractivity contribution in [3.8, 4) is 0 Å². The number of allylic oxidation sites excluding steroid dienone is 2. The number of ether oxygens (including phenoxy) is 2. The van der Waals surface area contributed by atoms with E-state index in [2.05, 4.69) is 5.32 Å². The van der Waals surface area contributed by atoms with E-state index >= 15 is 0 Å². The van der Waals surface area contributed by atoms with Crippen LogP contribution < -0.4 is 5.32 Å². The lowest BCUT2D eigenvalue weighted by Gasteiger charge is -2.27. The van der Waals surface area contributed by atoms with Crippen LogP contribution >= 0.6 is 0 Å². The molecule has 0 radical (unpaired) electrons. The van der Waals surface area contributed by atoms with Crippen LogP contribution in [0.15, 0.2) is 22.5 Å². The van der Waals surface area contributed by atoms with Gasteiger partial charge in [0, 0.05) is 17.3 Å². The first-order valence-electron chi connectivity index (χ1n) is 6.27. The molecule has 19 heavy (non-hydrogen) atoms. The van der Waals surface area contributed by atoms with Crippen molar-refractivity contribution < 1.29 is 19.1 Å². The molecule has 0 saturated carbocycles. The van der Waals surface area contributed by atoms with Crippen LogP contribution in [-0.2, 0) is 19.1 Å². The number of dihydropyridines is 1. The zero-order valence-corrected chi connectivity index (χ0v) is 12.3. The van der Waals surface area contributed by atoms with Crippen LogP contribution in [0.4, 0.5) is 0 Å². The molecule has 1 heterocycles. The minimum Gasteiger partial charge on any atom is -0.466 e. The molecular formula is C14H21NO4. The van der Waals surface area contributed by atoms with E-state index in [1.165, 1.54) is 7.11 Å². The van der Waals surface area contributed by atoms with Crippen molar-refractivity contribution in [1.82, 2.24) is 5.32 Å². The van der Waals surface area contributed by atoms with Crippen molar-refractivity contribution in [2.75, 3.05) is 7.11 Å². The first-order chi connectivity index (χ1) is 8.79. The second kappa shape index (κ2) is 5.91. The minimum atomic E-state index is -0.431. The maximum Gasteiger partial charge on any atom is 0.336 e. The summed E-state index contributed by atoms with van der Waals surface area (Å²) >= 11 is 0. The Kier molecular flexibility index (Phi) is 4.75. The zero-order chi connectivity index (χ0) is 14.7. The van der Waals surface area contributed by atoms with E-state index in [-0.39, 0.29) is 12.0 Å². The third-order valence-electron chi connectivity index (χ3n) is 3.02. The van der Waals surface area contributed by atoms with Crippen molar-refractivity contribution in [2.24, 2.45) is 5.92 Å². The Morgan fingerprint density at radius 1 is 1.11 bits per heavy atom. The highest BCUT2D eigenvalue weighted by atomic mass is 16.5. The van der Waals surface area contributed by atoms with Gasteiger partial charge in [-0.25, -0.2) is 9.59 Å². The second-order valence-electron chi connectivity index (χ2n) is 4.87. The van der Waals surface area contributed by atoms with Gasteiger partial charge in [-0.3, -0.25) is 0 Å². The lowest BCUT2D eigenvalue weighted by atomic mass is 9.87. The van der Waals surface area contributed by atoms with Gasteiger partial charge in [0.05, 0.1) is 24.4 Å². The highest BCUT2D eigenvalue weighted by Crippen LogP contribution is 2.30.